The molecule has 0 amide bonds. The van der Waals surface area contributed by atoms with Crippen LogP contribution in [-0.4, -0.2) is 14.2 Å². The van der Waals surface area contributed by atoms with E-state index in [1.54, 1.807) is 14.2 Å². The molecule has 0 bridgehead atoms. The van der Waals surface area contributed by atoms with Crippen LogP contribution in [-0.2, 0) is 5.54 Å². The van der Waals surface area contributed by atoms with E-state index in [2.05, 4.69) is 13.8 Å². The van der Waals surface area contributed by atoms with Crippen LogP contribution in [0.3, 0.4) is 0 Å². The lowest BCUT2D eigenvalue weighted by atomic mass is 9.97. The molecule has 0 heterocycles. The van der Waals surface area contributed by atoms with Gasteiger partial charge in [-0.2, -0.15) is 0 Å². The predicted octanol–water partition coefficient (Wildman–Crippen LogP) is 2.29. The number of hydrogen-bond acceptors (Lipinski definition) is 3. The maximum absolute atomic E-state index is 6.36. The molecule has 2 rings (SSSR count). The van der Waals surface area contributed by atoms with Crippen molar-refractivity contribution in [1.82, 2.24) is 0 Å². The molecule has 0 spiro atoms. The molecule has 88 valence electrons. The molecule has 1 atom stereocenters. The van der Waals surface area contributed by atoms with Gasteiger partial charge in [0.1, 0.15) is 0 Å². The van der Waals surface area contributed by atoms with E-state index in [1.807, 2.05) is 18.2 Å². The molecule has 1 aliphatic rings. The summed E-state index contributed by atoms with van der Waals surface area (Å²) in [6, 6.07) is 5.92. The first kappa shape index (κ1) is 11.3. The third-order valence-electron chi connectivity index (χ3n) is 3.70. The lowest BCUT2D eigenvalue weighted by Crippen LogP contribution is -2.25. The predicted molar refractivity (Wildman–Crippen MR) is 63.8 cm³/mol. The molecule has 0 aliphatic heterocycles. The van der Waals surface area contributed by atoms with Crippen LogP contribution >= 0.6 is 0 Å². The van der Waals surface area contributed by atoms with Gasteiger partial charge < -0.3 is 15.2 Å². The largest absolute Gasteiger partial charge is 0.493 e. The van der Waals surface area contributed by atoms with Gasteiger partial charge in [0.2, 0.25) is 0 Å². The summed E-state index contributed by atoms with van der Waals surface area (Å²) in [6.07, 6.45) is 1.01. The van der Waals surface area contributed by atoms with Crippen molar-refractivity contribution in [2.45, 2.75) is 25.8 Å². The minimum atomic E-state index is -0.216. The lowest BCUT2D eigenvalue weighted by molar-refractivity contribution is 0.353. The Labute approximate surface area is 96.5 Å². The number of methoxy groups -OCH3 is 2. The minimum Gasteiger partial charge on any atom is -0.493 e. The van der Waals surface area contributed by atoms with E-state index in [4.69, 9.17) is 15.2 Å². The smallest absolute Gasteiger partial charge is 0.161 e. The molecular formula is C13H19NO2. The summed E-state index contributed by atoms with van der Waals surface area (Å²) in [7, 11) is 3.28. The summed E-state index contributed by atoms with van der Waals surface area (Å²) >= 11 is 0. The highest BCUT2D eigenvalue weighted by molar-refractivity contribution is 5.47. The van der Waals surface area contributed by atoms with Crippen LogP contribution in [0.2, 0.25) is 0 Å². The Hall–Kier alpha value is -1.22. The first-order valence-electron chi connectivity index (χ1n) is 5.46. The van der Waals surface area contributed by atoms with Crippen LogP contribution in [0, 0.1) is 5.41 Å². The molecule has 2 N–H and O–H groups in total. The second-order valence-electron chi connectivity index (χ2n) is 5.10. The number of benzene rings is 1. The molecule has 0 saturated heterocycles. The summed E-state index contributed by atoms with van der Waals surface area (Å²) in [5.74, 6) is 1.49. The number of rotatable bonds is 3. The summed E-state index contributed by atoms with van der Waals surface area (Å²) in [6.45, 7) is 4.37. The van der Waals surface area contributed by atoms with Crippen LogP contribution in [0.4, 0.5) is 0 Å². The lowest BCUT2D eigenvalue weighted by Gasteiger charge is -2.17. The van der Waals surface area contributed by atoms with E-state index in [0.29, 0.717) is 0 Å². The number of ether oxygens (including phenoxy) is 2. The molecule has 0 radical (unpaired) electrons. The molecule has 1 aromatic carbocycles. The van der Waals surface area contributed by atoms with Gasteiger partial charge in [-0.3, -0.25) is 0 Å². The topological polar surface area (TPSA) is 44.5 Å². The van der Waals surface area contributed by atoms with Crippen molar-refractivity contribution in [3.05, 3.63) is 23.8 Å². The van der Waals surface area contributed by atoms with Crippen LogP contribution in [0.1, 0.15) is 25.8 Å². The quantitative estimate of drug-likeness (QED) is 0.851. The summed E-state index contributed by atoms with van der Waals surface area (Å²) < 4.78 is 10.5. The molecule has 1 unspecified atom stereocenters. The minimum absolute atomic E-state index is 0.173. The maximum Gasteiger partial charge on any atom is 0.161 e. The van der Waals surface area contributed by atoms with E-state index in [0.717, 1.165) is 23.5 Å². The van der Waals surface area contributed by atoms with E-state index in [1.165, 1.54) is 0 Å². The molecule has 3 nitrogen and oxygen atoms in total. The second kappa shape index (κ2) is 3.39. The molecule has 3 heteroatoms. The van der Waals surface area contributed by atoms with Gasteiger partial charge in [-0.05, 0) is 29.5 Å². The molecular weight excluding hydrogens is 202 g/mol. The van der Waals surface area contributed by atoms with Crippen molar-refractivity contribution in [2.75, 3.05) is 14.2 Å². The van der Waals surface area contributed by atoms with Crippen molar-refractivity contribution in [2.24, 2.45) is 11.1 Å². The molecule has 16 heavy (non-hydrogen) atoms. The Morgan fingerprint density at radius 1 is 1.12 bits per heavy atom. The Kier molecular flexibility index (Phi) is 2.39. The summed E-state index contributed by atoms with van der Waals surface area (Å²) in [4.78, 5) is 0. The third-order valence-corrected chi connectivity index (χ3v) is 3.70. The van der Waals surface area contributed by atoms with E-state index < -0.39 is 0 Å². The SMILES string of the molecule is COc1ccc(C2(N)CC2(C)C)cc1OC. The van der Waals surface area contributed by atoms with E-state index >= 15 is 0 Å². The zero-order valence-corrected chi connectivity index (χ0v) is 10.3. The van der Waals surface area contributed by atoms with Crippen molar-refractivity contribution < 1.29 is 9.47 Å². The standard InChI is InChI=1S/C13H19NO2/c1-12(2)8-13(12,14)9-5-6-10(15-3)11(7-9)16-4/h5-7H,8,14H2,1-4H3. The zero-order chi connectivity index (χ0) is 12.0. The van der Waals surface area contributed by atoms with E-state index in [9.17, 15) is 0 Å². The van der Waals surface area contributed by atoms with Crippen molar-refractivity contribution in [1.29, 1.82) is 0 Å². The van der Waals surface area contributed by atoms with Gasteiger partial charge in [-0.25, -0.2) is 0 Å². The van der Waals surface area contributed by atoms with Crippen LogP contribution < -0.4 is 15.2 Å². The highest BCUT2D eigenvalue weighted by Gasteiger charge is 2.59. The Bertz CT molecular complexity index is 414. The first-order valence-corrected chi connectivity index (χ1v) is 5.46. The van der Waals surface area contributed by atoms with Crippen LogP contribution in [0.5, 0.6) is 11.5 Å². The fraction of sp³-hybridized carbons (Fsp3) is 0.538. The highest BCUT2D eigenvalue weighted by atomic mass is 16.5. The van der Waals surface area contributed by atoms with Gasteiger partial charge in [0, 0.05) is 5.54 Å². The average Bonchev–Trinajstić information content (AvgIpc) is 2.78. The second-order valence-corrected chi connectivity index (χ2v) is 5.10. The first-order chi connectivity index (χ1) is 7.44. The van der Waals surface area contributed by atoms with Crippen molar-refractivity contribution in [3.63, 3.8) is 0 Å². The van der Waals surface area contributed by atoms with Gasteiger partial charge in [-0.15, -0.1) is 0 Å². The fourth-order valence-electron chi connectivity index (χ4n) is 2.26. The summed E-state index contributed by atoms with van der Waals surface area (Å²) in [5.41, 5.74) is 7.44. The van der Waals surface area contributed by atoms with Crippen molar-refractivity contribution >= 4 is 0 Å². The zero-order valence-electron chi connectivity index (χ0n) is 10.3. The monoisotopic (exact) mass is 221 g/mol. The molecule has 0 aromatic heterocycles. The van der Waals surface area contributed by atoms with Crippen LogP contribution in [0.15, 0.2) is 18.2 Å². The highest BCUT2D eigenvalue weighted by Crippen LogP contribution is 2.60. The number of hydrogen-bond donors (Lipinski definition) is 1. The average molecular weight is 221 g/mol. The van der Waals surface area contributed by atoms with Crippen LogP contribution in [0.25, 0.3) is 0 Å². The summed E-state index contributed by atoms with van der Waals surface area (Å²) in [5, 5.41) is 0. The van der Waals surface area contributed by atoms with Gasteiger partial charge in [0.15, 0.2) is 11.5 Å². The maximum atomic E-state index is 6.36. The molecule has 1 aliphatic carbocycles. The third kappa shape index (κ3) is 1.47. The van der Waals surface area contributed by atoms with Gasteiger partial charge in [0.25, 0.3) is 0 Å². The van der Waals surface area contributed by atoms with Gasteiger partial charge in [0.05, 0.1) is 14.2 Å². The molecule has 1 saturated carbocycles. The van der Waals surface area contributed by atoms with Gasteiger partial charge in [-0.1, -0.05) is 19.9 Å². The normalized spacial score (nSPS) is 26.3. The Morgan fingerprint density at radius 3 is 2.12 bits per heavy atom. The molecule has 1 aromatic rings. The van der Waals surface area contributed by atoms with Gasteiger partial charge >= 0.3 is 0 Å². The number of nitrogens with two attached hydrogens (primary N) is 1. The Morgan fingerprint density at radius 2 is 1.69 bits per heavy atom. The Balaban J connectivity index is 2.38. The van der Waals surface area contributed by atoms with E-state index in [-0.39, 0.29) is 11.0 Å². The fourth-order valence-corrected chi connectivity index (χ4v) is 2.26. The van der Waals surface area contributed by atoms with Crippen molar-refractivity contribution in [3.8, 4) is 11.5 Å². The molecule has 1 fully saturated rings.